The number of aromatic nitrogens is 1. The number of carbonyl (C=O) groups excluding carboxylic acids is 1. The molecule has 1 aromatic heterocycles. The lowest BCUT2D eigenvalue weighted by Crippen LogP contribution is -2.05. The molecule has 0 aliphatic carbocycles. The van der Waals surface area contributed by atoms with Crippen LogP contribution in [0.3, 0.4) is 0 Å². The number of pyridine rings is 1. The predicted octanol–water partition coefficient (Wildman–Crippen LogP) is 1.31. The van der Waals surface area contributed by atoms with E-state index in [1.165, 1.54) is 18.2 Å². The van der Waals surface area contributed by atoms with Gasteiger partial charge < -0.3 is 10.8 Å². The summed E-state index contributed by atoms with van der Waals surface area (Å²) in [7, 11) is 0. The van der Waals surface area contributed by atoms with Crippen molar-refractivity contribution in [2.24, 2.45) is 5.73 Å². The Labute approximate surface area is 103 Å². The van der Waals surface area contributed by atoms with Gasteiger partial charge in [-0.2, -0.15) is 5.26 Å². The smallest absolute Gasteiger partial charge is 0.241 e. The highest BCUT2D eigenvalue weighted by molar-refractivity contribution is 5.96. The van der Waals surface area contributed by atoms with Gasteiger partial charge in [0.2, 0.25) is 5.91 Å². The molecule has 1 aromatic carbocycles. The lowest BCUT2D eigenvalue weighted by Gasteiger charge is -2.04. The second-order valence-electron chi connectivity index (χ2n) is 3.61. The van der Waals surface area contributed by atoms with Crippen LogP contribution in [0.5, 0.6) is 5.75 Å². The summed E-state index contributed by atoms with van der Waals surface area (Å²) >= 11 is 0. The normalized spacial score (nSPS) is 10.6. The number of rotatable bonds is 2. The minimum absolute atomic E-state index is 0.0154. The Kier molecular flexibility index (Phi) is 2.94. The Morgan fingerprint density at radius 2 is 2.17 bits per heavy atom. The van der Waals surface area contributed by atoms with Crippen molar-refractivity contribution in [1.29, 1.82) is 5.26 Å². The molecule has 0 aliphatic heterocycles. The Morgan fingerprint density at radius 3 is 2.83 bits per heavy atom. The summed E-state index contributed by atoms with van der Waals surface area (Å²) in [5.41, 5.74) is 6.26. The van der Waals surface area contributed by atoms with Crippen molar-refractivity contribution in [1.82, 2.24) is 4.98 Å². The van der Waals surface area contributed by atoms with E-state index in [1.807, 2.05) is 6.07 Å². The number of aromatic hydroxyl groups is 1. The number of hydrogen-bond donors (Lipinski definition) is 2. The van der Waals surface area contributed by atoms with Gasteiger partial charge in [0.05, 0.1) is 0 Å². The number of benzene rings is 1. The Balaban J connectivity index is 2.68. The SMILES string of the molecule is N#Cc1ccc2c(/C=C/C(N)=O)ccc(O)c2n1. The van der Waals surface area contributed by atoms with E-state index < -0.39 is 5.91 Å². The van der Waals surface area contributed by atoms with Crippen molar-refractivity contribution in [2.45, 2.75) is 0 Å². The quantitative estimate of drug-likeness (QED) is 0.771. The summed E-state index contributed by atoms with van der Waals surface area (Å²) in [5, 5.41) is 19.1. The van der Waals surface area contributed by atoms with Gasteiger partial charge in [-0.1, -0.05) is 6.07 Å². The number of hydrogen-bond acceptors (Lipinski definition) is 4. The van der Waals surface area contributed by atoms with Gasteiger partial charge in [0, 0.05) is 11.5 Å². The number of nitrogens with two attached hydrogens (primary N) is 1. The van der Waals surface area contributed by atoms with E-state index in [9.17, 15) is 9.90 Å². The van der Waals surface area contributed by atoms with E-state index in [1.54, 1.807) is 18.2 Å². The zero-order valence-electron chi connectivity index (χ0n) is 9.29. The van der Waals surface area contributed by atoms with E-state index in [0.717, 1.165) is 0 Å². The van der Waals surface area contributed by atoms with Crippen molar-refractivity contribution in [2.75, 3.05) is 0 Å². The van der Waals surface area contributed by atoms with Gasteiger partial charge >= 0.3 is 0 Å². The third-order valence-electron chi connectivity index (χ3n) is 2.41. The van der Waals surface area contributed by atoms with E-state index in [2.05, 4.69) is 4.98 Å². The Bertz CT molecular complexity index is 699. The van der Waals surface area contributed by atoms with Crippen LogP contribution in [0.4, 0.5) is 0 Å². The highest BCUT2D eigenvalue weighted by Crippen LogP contribution is 2.26. The number of phenols is 1. The zero-order valence-corrected chi connectivity index (χ0v) is 9.29. The molecule has 88 valence electrons. The molecule has 0 atom stereocenters. The van der Waals surface area contributed by atoms with Gasteiger partial charge in [0.25, 0.3) is 0 Å². The molecule has 0 fully saturated rings. The van der Waals surface area contributed by atoms with Gasteiger partial charge in [-0.05, 0) is 29.8 Å². The molecular formula is C13H9N3O2. The zero-order chi connectivity index (χ0) is 13.1. The van der Waals surface area contributed by atoms with E-state index in [0.29, 0.717) is 16.5 Å². The molecule has 3 N–H and O–H groups in total. The topological polar surface area (TPSA) is 100 Å². The van der Waals surface area contributed by atoms with Crippen LogP contribution in [0.15, 0.2) is 30.3 Å². The van der Waals surface area contributed by atoms with Crippen LogP contribution in [0.2, 0.25) is 0 Å². The van der Waals surface area contributed by atoms with Gasteiger partial charge in [0.1, 0.15) is 23.0 Å². The number of nitrogens with zero attached hydrogens (tertiary/aromatic N) is 2. The molecule has 0 unspecified atom stereocenters. The molecular weight excluding hydrogens is 230 g/mol. The lowest BCUT2D eigenvalue weighted by molar-refractivity contribution is -0.113. The lowest BCUT2D eigenvalue weighted by atomic mass is 10.1. The maximum atomic E-state index is 10.7. The average molecular weight is 239 g/mol. The molecule has 1 heterocycles. The first kappa shape index (κ1) is 11.6. The Hall–Kier alpha value is -2.87. The van der Waals surface area contributed by atoms with E-state index >= 15 is 0 Å². The summed E-state index contributed by atoms with van der Waals surface area (Å²) in [4.78, 5) is 14.7. The minimum atomic E-state index is -0.558. The summed E-state index contributed by atoms with van der Waals surface area (Å²) < 4.78 is 0. The first-order chi connectivity index (χ1) is 8.61. The predicted molar refractivity (Wildman–Crippen MR) is 66.4 cm³/mol. The molecule has 0 spiro atoms. The van der Waals surface area contributed by atoms with Crippen LogP contribution >= 0.6 is 0 Å². The van der Waals surface area contributed by atoms with Gasteiger partial charge in [-0.25, -0.2) is 4.98 Å². The fourth-order valence-electron chi connectivity index (χ4n) is 1.60. The van der Waals surface area contributed by atoms with E-state index in [4.69, 9.17) is 11.0 Å². The third-order valence-corrected chi connectivity index (χ3v) is 2.41. The summed E-state index contributed by atoms with van der Waals surface area (Å²) in [6, 6.07) is 8.21. The fourth-order valence-corrected chi connectivity index (χ4v) is 1.60. The molecule has 2 rings (SSSR count). The maximum absolute atomic E-state index is 10.7. The first-order valence-electron chi connectivity index (χ1n) is 5.12. The largest absolute Gasteiger partial charge is 0.506 e. The molecule has 0 radical (unpaired) electrons. The summed E-state index contributed by atoms with van der Waals surface area (Å²) in [6.07, 6.45) is 2.77. The number of fused-ring (bicyclic) bond motifs is 1. The molecule has 1 amide bonds. The van der Waals surface area contributed by atoms with Crippen LogP contribution in [0.1, 0.15) is 11.3 Å². The minimum Gasteiger partial charge on any atom is -0.506 e. The molecule has 18 heavy (non-hydrogen) atoms. The highest BCUT2D eigenvalue weighted by Gasteiger charge is 2.06. The molecule has 5 nitrogen and oxygen atoms in total. The number of phenolic OH excluding ortho intramolecular Hbond substituents is 1. The molecule has 0 bridgehead atoms. The molecule has 0 saturated heterocycles. The summed E-state index contributed by atoms with van der Waals surface area (Å²) in [5.74, 6) is -0.573. The van der Waals surface area contributed by atoms with Crippen molar-refractivity contribution in [3.63, 3.8) is 0 Å². The third kappa shape index (κ3) is 2.13. The molecule has 5 heteroatoms. The standard InChI is InChI=1S/C13H9N3O2/c14-7-9-3-4-10-8(2-6-12(15)18)1-5-11(17)13(10)16-9/h1-6,17H,(H2,15,18)/b6-2+. The van der Waals surface area contributed by atoms with Crippen LogP contribution < -0.4 is 5.73 Å². The second-order valence-corrected chi connectivity index (χ2v) is 3.61. The first-order valence-corrected chi connectivity index (χ1v) is 5.12. The second kappa shape index (κ2) is 4.55. The molecule has 0 saturated carbocycles. The molecule has 2 aromatic rings. The monoisotopic (exact) mass is 239 g/mol. The number of carbonyl (C=O) groups is 1. The van der Waals surface area contributed by atoms with E-state index in [-0.39, 0.29) is 11.4 Å². The van der Waals surface area contributed by atoms with Crippen molar-refractivity contribution in [3.8, 4) is 11.8 Å². The average Bonchev–Trinajstić information content (AvgIpc) is 2.37. The van der Waals surface area contributed by atoms with Crippen LogP contribution in [0.25, 0.3) is 17.0 Å². The maximum Gasteiger partial charge on any atom is 0.241 e. The van der Waals surface area contributed by atoms with Gasteiger partial charge in [-0.15, -0.1) is 0 Å². The Morgan fingerprint density at radius 1 is 1.39 bits per heavy atom. The fraction of sp³-hybridized carbons (Fsp3) is 0. The number of amides is 1. The summed E-state index contributed by atoms with van der Waals surface area (Å²) in [6.45, 7) is 0. The highest BCUT2D eigenvalue weighted by atomic mass is 16.3. The molecule has 0 aliphatic rings. The number of primary amides is 1. The van der Waals surface area contributed by atoms with Crippen LogP contribution in [-0.2, 0) is 4.79 Å². The van der Waals surface area contributed by atoms with Crippen molar-refractivity contribution < 1.29 is 9.90 Å². The van der Waals surface area contributed by atoms with Crippen LogP contribution in [0, 0.1) is 11.3 Å². The van der Waals surface area contributed by atoms with Crippen molar-refractivity contribution in [3.05, 3.63) is 41.6 Å². The number of nitriles is 1. The van der Waals surface area contributed by atoms with Crippen LogP contribution in [-0.4, -0.2) is 16.0 Å². The van der Waals surface area contributed by atoms with Gasteiger partial charge in [0.15, 0.2) is 0 Å². The van der Waals surface area contributed by atoms with Gasteiger partial charge in [-0.3, -0.25) is 4.79 Å². The van der Waals surface area contributed by atoms with Crippen molar-refractivity contribution >= 4 is 22.9 Å².